The van der Waals surface area contributed by atoms with Gasteiger partial charge in [0.05, 0.1) is 12.7 Å². The van der Waals surface area contributed by atoms with Gasteiger partial charge in [0.1, 0.15) is 0 Å². The molecule has 0 saturated heterocycles. The van der Waals surface area contributed by atoms with Crippen molar-refractivity contribution in [3.63, 3.8) is 0 Å². The maximum absolute atomic E-state index is 11.3. The summed E-state index contributed by atoms with van der Waals surface area (Å²) in [6.07, 6.45) is 14.6. The fraction of sp³-hybridized carbons (Fsp3) is 0.757. The molecule has 0 aromatic heterocycles. The molecule has 3 rings (SSSR count). The molecule has 2 fully saturated rings. The van der Waals surface area contributed by atoms with Crippen LogP contribution in [-0.4, -0.2) is 46.2 Å². The molecular formula is C37H64O5Si2. The summed E-state index contributed by atoms with van der Waals surface area (Å²) < 4.78 is 21.1. The molecule has 0 spiro atoms. The zero-order valence-electron chi connectivity index (χ0n) is 30.2. The van der Waals surface area contributed by atoms with Gasteiger partial charge in [-0.05, 0) is 97.3 Å². The van der Waals surface area contributed by atoms with Crippen molar-refractivity contribution in [1.82, 2.24) is 0 Å². The average Bonchev–Trinajstić information content (AvgIpc) is 3.22. The Morgan fingerprint density at radius 2 is 1.73 bits per heavy atom. The Morgan fingerprint density at radius 3 is 2.30 bits per heavy atom. The van der Waals surface area contributed by atoms with Gasteiger partial charge in [0, 0.05) is 19.3 Å². The Hall–Kier alpha value is -1.26. The highest BCUT2D eigenvalue weighted by Gasteiger charge is 2.51. The third-order valence-electron chi connectivity index (χ3n) is 11.7. The molecule has 7 heteroatoms. The van der Waals surface area contributed by atoms with Gasteiger partial charge in [-0.3, -0.25) is 4.79 Å². The minimum absolute atomic E-state index is 0.0144. The van der Waals surface area contributed by atoms with Crippen LogP contribution in [-0.2, 0) is 18.4 Å². The molecule has 0 aromatic rings. The van der Waals surface area contributed by atoms with Crippen molar-refractivity contribution in [1.29, 1.82) is 0 Å². The summed E-state index contributed by atoms with van der Waals surface area (Å²) >= 11 is 0. The molecule has 0 amide bonds. The second-order valence-corrected chi connectivity index (χ2v) is 26.4. The molecule has 250 valence electrons. The molecule has 2 saturated carbocycles. The van der Waals surface area contributed by atoms with Gasteiger partial charge in [-0.1, -0.05) is 91.3 Å². The number of aliphatic carboxylic acids is 1. The Bertz CT molecular complexity index is 1170. The molecule has 0 aromatic carbocycles. The summed E-state index contributed by atoms with van der Waals surface area (Å²) in [6.45, 7) is 32.5. The number of carboxylic acids is 1. The van der Waals surface area contributed by atoms with Crippen LogP contribution in [0.4, 0.5) is 0 Å². The maximum Gasteiger partial charge on any atom is 0.303 e. The van der Waals surface area contributed by atoms with Crippen LogP contribution in [0.3, 0.4) is 0 Å². The second-order valence-electron chi connectivity index (χ2n) is 17.0. The van der Waals surface area contributed by atoms with Crippen molar-refractivity contribution in [3.05, 3.63) is 47.1 Å². The van der Waals surface area contributed by atoms with Crippen LogP contribution in [0.5, 0.6) is 0 Å². The van der Waals surface area contributed by atoms with Crippen molar-refractivity contribution in [3.8, 4) is 0 Å². The van der Waals surface area contributed by atoms with E-state index in [9.17, 15) is 9.90 Å². The predicted molar refractivity (Wildman–Crippen MR) is 189 cm³/mol. The summed E-state index contributed by atoms with van der Waals surface area (Å²) in [6, 6.07) is 0. The highest BCUT2D eigenvalue weighted by molar-refractivity contribution is 6.74. The van der Waals surface area contributed by atoms with Gasteiger partial charge in [0.2, 0.25) is 0 Å². The van der Waals surface area contributed by atoms with E-state index in [0.717, 1.165) is 30.4 Å². The molecule has 0 unspecified atom stereocenters. The highest BCUT2D eigenvalue weighted by Crippen LogP contribution is 2.56. The first-order valence-electron chi connectivity index (χ1n) is 17.1. The molecule has 44 heavy (non-hydrogen) atoms. The summed E-state index contributed by atoms with van der Waals surface area (Å²) in [5.41, 5.74) is 5.62. The topological polar surface area (TPSA) is 65.0 Å². The molecule has 3 aliphatic rings. The first-order valence-corrected chi connectivity index (χ1v) is 22.9. The lowest BCUT2D eigenvalue weighted by molar-refractivity contribution is -0.209. The van der Waals surface area contributed by atoms with E-state index in [0.29, 0.717) is 31.8 Å². The monoisotopic (exact) mass is 644 g/mol. The molecule has 0 aliphatic heterocycles. The zero-order chi connectivity index (χ0) is 33.4. The minimum Gasteiger partial charge on any atom is -0.481 e. The Kier molecular flexibility index (Phi) is 11.4. The number of ether oxygens (including phenoxy) is 1. The lowest BCUT2D eigenvalue weighted by Gasteiger charge is -2.51. The Labute approximate surface area is 271 Å². The summed E-state index contributed by atoms with van der Waals surface area (Å²) in [5, 5.41) is 9.34. The van der Waals surface area contributed by atoms with Crippen molar-refractivity contribution in [2.45, 2.75) is 161 Å². The predicted octanol–water partition coefficient (Wildman–Crippen LogP) is 10.7. The van der Waals surface area contributed by atoms with Crippen molar-refractivity contribution in [2.24, 2.45) is 11.3 Å². The van der Waals surface area contributed by atoms with Crippen molar-refractivity contribution >= 4 is 22.6 Å². The molecule has 4 atom stereocenters. The first kappa shape index (κ1) is 37.2. The van der Waals surface area contributed by atoms with Crippen molar-refractivity contribution < 1.29 is 23.5 Å². The molecule has 3 aliphatic carbocycles. The van der Waals surface area contributed by atoms with E-state index >= 15 is 0 Å². The number of fused-ring (bicyclic) bond motifs is 1. The van der Waals surface area contributed by atoms with E-state index in [2.05, 4.69) is 106 Å². The van der Waals surface area contributed by atoms with E-state index in [1.807, 2.05) is 0 Å². The van der Waals surface area contributed by atoms with E-state index in [1.54, 1.807) is 11.1 Å². The van der Waals surface area contributed by atoms with E-state index in [4.69, 9.17) is 13.6 Å². The van der Waals surface area contributed by atoms with Crippen molar-refractivity contribution in [2.75, 3.05) is 6.61 Å². The van der Waals surface area contributed by atoms with Gasteiger partial charge in [-0.25, -0.2) is 0 Å². The van der Waals surface area contributed by atoms with Crippen LogP contribution in [0.15, 0.2) is 47.1 Å². The number of allylic oxidation sites excluding steroid dienone is 5. The van der Waals surface area contributed by atoms with E-state index < -0.39 is 28.4 Å². The van der Waals surface area contributed by atoms with Gasteiger partial charge in [0.25, 0.3) is 0 Å². The van der Waals surface area contributed by atoms with Crippen LogP contribution in [0.2, 0.25) is 36.3 Å². The second kappa shape index (κ2) is 13.5. The quantitative estimate of drug-likeness (QED) is 0.105. The van der Waals surface area contributed by atoms with Gasteiger partial charge < -0.3 is 18.7 Å². The number of hydrogen-bond acceptors (Lipinski definition) is 4. The van der Waals surface area contributed by atoms with E-state index in [1.165, 1.54) is 12.8 Å². The van der Waals surface area contributed by atoms with Crippen LogP contribution < -0.4 is 0 Å². The van der Waals surface area contributed by atoms with Gasteiger partial charge in [0.15, 0.2) is 22.4 Å². The normalized spacial score (nSPS) is 30.5. The fourth-order valence-corrected chi connectivity index (χ4v) is 9.62. The smallest absolute Gasteiger partial charge is 0.303 e. The third-order valence-corrected chi connectivity index (χ3v) is 20.7. The molecule has 0 heterocycles. The Balaban J connectivity index is 2.08. The molecule has 0 bridgehead atoms. The lowest BCUT2D eigenvalue weighted by Crippen LogP contribution is -2.56. The van der Waals surface area contributed by atoms with Gasteiger partial charge in [-0.15, -0.1) is 0 Å². The molecule has 1 N–H and O–H groups in total. The van der Waals surface area contributed by atoms with E-state index in [-0.39, 0.29) is 28.0 Å². The lowest BCUT2D eigenvalue weighted by atomic mass is 9.64. The van der Waals surface area contributed by atoms with Crippen LogP contribution >= 0.6 is 0 Å². The summed E-state index contributed by atoms with van der Waals surface area (Å²) in [5.74, 6) is -1.13. The standard InChI is InChI=1S/C37H64O5Si2/c1-14-30-21-22-31-28(17-15-23-36(30,31)9)19-20-29-25-37(40-24-16-18-33(38)39,42-44(12,13)35(6,7)8)26-32(27(29)2)41-43(10,11)34(3,4)5/h19-21,31-32H,2,14-18,22-26H2,1,3-13H3,(H,38,39)/t31-,32-,36+,37+/m0/s1. The maximum atomic E-state index is 11.3. The molecule has 5 nitrogen and oxygen atoms in total. The van der Waals surface area contributed by atoms with Crippen LogP contribution in [0.25, 0.3) is 0 Å². The zero-order valence-corrected chi connectivity index (χ0v) is 32.2. The number of carboxylic acid groups (broad SMARTS) is 1. The first-order chi connectivity index (χ1) is 20.1. The number of carbonyl (C=O) groups is 1. The average molecular weight is 645 g/mol. The molecule has 0 radical (unpaired) electrons. The largest absolute Gasteiger partial charge is 0.481 e. The Morgan fingerprint density at radius 1 is 1.09 bits per heavy atom. The number of rotatable bonds is 11. The van der Waals surface area contributed by atoms with Gasteiger partial charge >= 0.3 is 5.97 Å². The summed E-state index contributed by atoms with van der Waals surface area (Å²) in [7, 11) is -4.44. The summed E-state index contributed by atoms with van der Waals surface area (Å²) in [4.78, 5) is 11.3. The highest BCUT2D eigenvalue weighted by atomic mass is 28.4. The fourth-order valence-electron chi connectivity index (χ4n) is 6.88. The minimum atomic E-state index is -2.28. The SMILES string of the molecule is C=C1C(=CC=C2CCC[C@]3(C)C(CC)=CC[C@@H]23)C[C@@](OCCCC(=O)O)(O[Si](C)(C)C(C)(C)C)C[C@@H]1O[Si](C)(C)C(C)(C)C. The van der Waals surface area contributed by atoms with Crippen LogP contribution in [0, 0.1) is 11.3 Å². The third kappa shape index (κ3) is 8.17. The van der Waals surface area contributed by atoms with Gasteiger partial charge in [-0.2, -0.15) is 0 Å². The number of hydrogen-bond donors (Lipinski definition) is 1. The molecular weight excluding hydrogens is 581 g/mol. The van der Waals surface area contributed by atoms with Crippen LogP contribution in [0.1, 0.15) is 113 Å².